The van der Waals surface area contributed by atoms with Gasteiger partial charge >= 0.3 is 6.18 Å². The molecule has 0 radical (unpaired) electrons. The van der Waals surface area contributed by atoms with Crippen LogP contribution in [0.5, 0.6) is 0 Å². The molecule has 2 rings (SSSR count). The van der Waals surface area contributed by atoms with Gasteiger partial charge in [-0.1, -0.05) is 0 Å². The number of benzene rings is 1. The van der Waals surface area contributed by atoms with Crippen molar-refractivity contribution in [3.63, 3.8) is 0 Å². The Balaban J connectivity index is 2.47. The van der Waals surface area contributed by atoms with Gasteiger partial charge in [0.05, 0.1) is 22.4 Å². The number of hydrogen-bond donors (Lipinski definition) is 1. The second kappa shape index (κ2) is 4.26. The van der Waals surface area contributed by atoms with E-state index in [0.29, 0.717) is 6.20 Å². The lowest BCUT2D eigenvalue weighted by molar-refractivity contribution is -0.384. The van der Waals surface area contributed by atoms with Crippen molar-refractivity contribution in [3.8, 4) is 5.69 Å². The first-order chi connectivity index (χ1) is 8.77. The third kappa shape index (κ3) is 2.64. The smallest absolute Gasteiger partial charge is 0.398 e. The average molecular weight is 272 g/mol. The van der Waals surface area contributed by atoms with Crippen molar-refractivity contribution in [2.75, 3.05) is 5.73 Å². The number of halogens is 3. The van der Waals surface area contributed by atoms with E-state index in [9.17, 15) is 23.3 Å². The number of nitro groups is 1. The minimum Gasteiger partial charge on any atom is -0.398 e. The third-order valence-electron chi connectivity index (χ3n) is 2.31. The lowest BCUT2D eigenvalue weighted by Crippen LogP contribution is -2.03. The summed E-state index contributed by atoms with van der Waals surface area (Å²) in [6, 6.07) is 3.49. The fraction of sp³-hybridized carbons (Fsp3) is 0.100. The molecule has 1 aromatic heterocycles. The van der Waals surface area contributed by atoms with E-state index in [0.717, 1.165) is 23.0 Å². The zero-order chi connectivity index (χ0) is 14.2. The van der Waals surface area contributed by atoms with Crippen LogP contribution >= 0.6 is 0 Å². The SMILES string of the molecule is Nc1cc(-n2cc(C(F)(F)F)cn2)cc([N+](=O)[O-])c1. The number of nitrogens with two attached hydrogens (primary N) is 1. The zero-order valence-electron chi connectivity index (χ0n) is 9.26. The molecule has 0 fully saturated rings. The Kier molecular flexibility index (Phi) is 2.89. The first kappa shape index (κ1) is 12.9. The number of alkyl halides is 3. The molecule has 6 nitrogen and oxygen atoms in total. The van der Waals surface area contributed by atoms with Crippen molar-refractivity contribution in [2.24, 2.45) is 0 Å². The number of nitrogens with zero attached hydrogens (tertiary/aromatic N) is 3. The molecule has 0 atom stereocenters. The van der Waals surface area contributed by atoms with Gasteiger partial charge in [0.2, 0.25) is 0 Å². The number of rotatable bonds is 2. The van der Waals surface area contributed by atoms with Gasteiger partial charge in [0.15, 0.2) is 0 Å². The molecule has 0 saturated carbocycles. The van der Waals surface area contributed by atoms with Gasteiger partial charge in [-0.15, -0.1) is 0 Å². The maximum atomic E-state index is 12.4. The predicted molar refractivity (Wildman–Crippen MR) is 59.6 cm³/mol. The Labute approximate surface area is 104 Å². The van der Waals surface area contributed by atoms with E-state index in [1.54, 1.807) is 0 Å². The molecular formula is C10H7F3N4O2. The summed E-state index contributed by atoms with van der Waals surface area (Å²) in [6.45, 7) is 0. The van der Waals surface area contributed by atoms with Gasteiger partial charge in [0.1, 0.15) is 0 Å². The van der Waals surface area contributed by atoms with Crippen molar-refractivity contribution in [1.29, 1.82) is 0 Å². The van der Waals surface area contributed by atoms with E-state index in [-0.39, 0.29) is 17.1 Å². The molecule has 0 saturated heterocycles. The lowest BCUT2D eigenvalue weighted by Gasteiger charge is -2.03. The van der Waals surface area contributed by atoms with Crippen LogP contribution in [-0.2, 0) is 6.18 Å². The second-order valence-corrected chi connectivity index (χ2v) is 3.71. The van der Waals surface area contributed by atoms with Gasteiger partial charge in [-0.2, -0.15) is 18.3 Å². The van der Waals surface area contributed by atoms with Crippen LogP contribution < -0.4 is 5.73 Å². The quantitative estimate of drug-likeness (QED) is 0.516. The Bertz CT molecular complexity index is 636. The van der Waals surface area contributed by atoms with E-state index >= 15 is 0 Å². The average Bonchev–Trinajstić information content (AvgIpc) is 2.76. The van der Waals surface area contributed by atoms with Crippen LogP contribution in [0.1, 0.15) is 5.56 Å². The molecule has 9 heteroatoms. The number of aromatic nitrogens is 2. The minimum absolute atomic E-state index is 0.0632. The summed E-state index contributed by atoms with van der Waals surface area (Å²) in [5, 5.41) is 14.2. The topological polar surface area (TPSA) is 87.0 Å². The van der Waals surface area contributed by atoms with E-state index in [1.165, 1.54) is 6.07 Å². The molecule has 100 valence electrons. The van der Waals surface area contributed by atoms with E-state index < -0.39 is 16.7 Å². The van der Waals surface area contributed by atoms with E-state index in [2.05, 4.69) is 5.10 Å². The summed E-state index contributed by atoms with van der Waals surface area (Å²) in [5.41, 5.74) is 4.34. The molecule has 2 N–H and O–H groups in total. The molecule has 0 spiro atoms. The highest BCUT2D eigenvalue weighted by atomic mass is 19.4. The number of hydrogen-bond acceptors (Lipinski definition) is 4. The zero-order valence-corrected chi connectivity index (χ0v) is 9.26. The molecule has 0 aliphatic heterocycles. The molecule has 0 aliphatic rings. The molecule has 1 heterocycles. The number of nitro benzene ring substituents is 1. The van der Waals surface area contributed by atoms with Gasteiger partial charge in [-0.05, 0) is 6.07 Å². The van der Waals surface area contributed by atoms with Gasteiger partial charge in [-0.3, -0.25) is 10.1 Å². The summed E-state index contributed by atoms with van der Waals surface area (Å²) in [7, 11) is 0. The Morgan fingerprint density at radius 3 is 2.53 bits per heavy atom. The largest absolute Gasteiger partial charge is 0.419 e. The molecule has 19 heavy (non-hydrogen) atoms. The van der Waals surface area contributed by atoms with Crippen molar-refractivity contribution in [1.82, 2.24) is 9.78 Å². The van der Waals surface area contributed by atoms with Gasteiger partial charge in [0.25, 0.3) is 5.69 Å². The van der Waals surface area contributed by atoms with Crippen molar-refractivity contribution in [2.45, 2.75) is 6.18 Å². The summed E-state index contributed by atoms with van der Waals surface area (Å²) < 4.78 is 38.1. The first-order valence-electron chi connectivity index (χ1n) is 4.94. The highest BCUT2D eigenvalue weighted by Crippen LogP contribution is 2.29. The third-order valence-corrected chi connectivity index (χ3v) is 2.31. The predicted octanol–water partition coefficient (Wildman–Crippen LogP) is 2.38. The van der Waals surface area contributed by atoms with E-state index in [1.807, 2.05) is 0 Å². The van der Waals surface area contributed by atoms with Crippen LogP contribution in [-0.4, -0.2) is 14.7 Å². The Morgan fingerprint density at radius 2 is 2.00 bits per heavy atom. The number of nitrogen functional groups attached to an aromatic ring is 1. The van der Waals surface area contributed by atoms with Crippen LogP contribution in [0.2, 0.25) is 0 Å². The molecule has 0 amide bonds. The van der Waals surface area contributed by atoms with Crippen LogP contribution in [0.15, 0.2) is 30.6 Å². The maximum Gasteiger partial charge on any atom is 0.419 e. The Hall–Kier alpha value is -2.58. The molecule has 0 unspecified atom stereocenters. The molecule has 0 aliphatic carbocycles. The molecule has 0 bridgehead atoms. The van der Waals surface area contributed by atoms with Crippen molar-refractivity contribution in [3.05, 3.63) is 46.3 Å². The maximum absolute atomic E-state index is 12.4. The van der Waals surface area contributed by atoms with Crippen LogP contribution in [0.3, 0.4) is 0 Å². The van der Waals surface area contributed by atoms with Gasteiger partial charge < -0.3 is 5.73 Å². The van der Waals surface area contributed by atoms with Crippen LogP contribution in [0.4, 0.5) is 24.5 Å². The Morgan fingerprint density at radius 1 is 1.32 bits per heavy atom. The van der Waals surface area contributed by atoms with Crippen molar-refractivity contribution >= 4 is 11.4 Å². The second-order valence-electron chi connectivity index (χ2n) is 3.71. The monoisotopic (exact) mass is 272 g/mol. The van der Waals surface area contributed by atoms with Gasteiger partial charge in [0, 0.05) is 24.0 Å². The fourth-order valence-corrected chi connectivity index (χ4v) is 1.47. The summed E-state index contributed by atoms with van der Waals surface area (Å²) in [5.74, 6) is 0. The lowest BCUT2D eigenvalue weighted by atomic mass is 10.2. The highest BCUT2D eigenvalue weighted by molar-refractivity contribution is 5.56. The minimum atomic E-state index is -4.52. The van der Waals surface area contributed by atoms with Crippen LogP contribution in [0.25, 0.3) is 5.69 Å². The summed E-state index contributed by atoms with van der Waals surface area (Å²) >= 11 is 0. The van der Waals surface area contributed by atoms with E-state index in [4.69, 9.17) is 5.73 Å². The fourth-order valence-electron chi connectivity index (χ4n) is 1.47. The molecule has 1 aromatic carbocycles. The van der Waals surface area contributed by atoms with Gasteiger partial charge in [-0.25, -0.2) is 4.68 Å². The van der Waals surface area contributed by atoms with Crippen molar-refractivity contribution < 1.29 is 18.1 Å². The summed E-state index contributed by atoms with van der Waals surface area (Å²) in [4.78, 5) is 9.96. The molecular weight excluding hydrogens is 265 g/mol. The molecule has 2 aromatic rings. The summed E-state index contributed by atoms with van der Waals surface area (Å²) in [6.07, 6.45) is -3.15. The first-order valence-corrected chi connectivity index (χ1v) is 4.94. The van der Waals surface area contributed by atoms with Crippen LogP contribution in [0, 0.1) is 10.1 Å². The highest BCUT2D eigenvalue weighted by Gasteiger charge is 2.32. The number of anilines is 1. The standard InChI is InChI=1S/C10H7F3N4O2/c11-10(12,13)6-4-15-16(5-6)8-1-7(14)2-9(3-8)17(18)19/h1-5H,14H2. The number of non-ortho nitro benzene ring substituents is 1. The normalized spacial score (nSPS) is 11.5.